The zero-order valence-corrected chi connectivity index (χ0v) is 19.1. The predicted octanol–water partition coefficient (Wildman–Crippen LogP) is 6.83. The van der Waals surface area contributed by atoms with Crippen LogP contribution in [0.4, 0.5) is 5.69 Å². The summed E-state index contributed by atoms with van der Waals surface area (Å²) in [6.45, 7) is 2.34. The van der Waals surface area contributed by atoms with Gasteiger partial charge in [0.2, 0.25) is 0 Å². The van der Waals surface area contributed by atoms with Crippen molar-refractivity contribution in [3.63, 3.8) is 0 Å². The maximum absolute atomic E-state index is 13.2. The van der Waals surface area contributed by atoms with Crippen molar-refractivity contribution in [2.24, 2.45) is 0 Å². The number of aromatic nitrogens is 1. The van der Waals surface area contributed by atoms with Crippen LogP contribution in [0.25, 0.3) is 21.8 Å². The van der Waals surface area contributed by atoms with Gasteiger partial charge in [-0.1, -0.05) is 67.1 Å². The molecule has 0 saturated carbocycles. The summed E-state index contributed by atoms with van der Waals surface area (Å²) < 4.78 is 6.01. The average molecular weight is 461 g/mol. The first-order chi connectivity index (χ1) is 15.6. The fourth-order valence-electron chi connectivity index (χ4n) is 3.82. The van der Waals surface area contributed by atoms with Gasteiger partial charge >= 0.3 is 0 Å². The van der Waals surface area contributed by atoms with Gasteiger partial charge in [0.1, 0.15) is 10.8 Å². The van der Waals surface area contributed by atoms with Crippen molar-refractivity contribution in [3.05, 3.63) is 88.8 Å². The van der Waals surface area contributed by atoms with Crippen molar-refractivity contribution in [2.45, 2.75) is 26.0 Å². The summed E-state index contributed by atoms with van der Waals surface area (Å²) in [5.41, 5.74) is 4.55. The van der Waals surface area contributed by atoms with E-state index in [-0.39, 0.29) is 5.91 Å². The molecule has 0 N–H and O–H groups in total. The van der Waals surface area contributed by atoms with Crippen molar-refractivity contribution in [3.8, 4) is 27.6 Å². The van der Waals surface area contributed by atoms with Crippen molar-refractivity contribution in [1.82, 2.24) is 4.98 Å². The van der Waals surface area contributed by atoms with E-state index < -0.39 is 6.10 Å². The van der Waals surface area contributed by atoms with E-state index in [9.17, 15) is 4.79 Å². The van der Waals surface area contributed by atoms with Gasteiger partial charge in [0.25, 0.3) is 5.91 Å². The molecule has 2 heterocycles. The summed E-state index contributed by atoms with van der Waals surface area (Å²) in [5, 5.41) is 3.65. The SMILES string of the molecule is CCC1Oc2ccc(-c3csc(-c4ccccc4)n3)cc2N(Cc2ccccc2Cl)C1=O. The molecule has 1 atom stereocenters. The number of carbonyl (C=O) groups is 1. The van der Waals surface area contributed by atoms with Crippen LogP contribution in [0.3, 0.4) is 0 Å². The van der Waals surface area contributed by atoms with E-state index in [0.717, 1.165) is 33.1 Å². The fourth-order valence-corrected chi connectivity index (χ4v) is 4.85. The Morgan fingerprint density at radius 2 is 1.81 bits per heavy atom. The number of halogens is 1. The topological polar surface area (TPSA) is 42.4 Å². The smallest absolute Gasteiger partial charge is 0.268 e. The van der Waals surface area contributed by atoms with Crippen molar-refractivity contribution >= 4 is 34.5 Å². The van der Waals surface area contributed by atoms with Gasteiger partial charge in [0.15, 0.2) is 6.10 Å². The second kappa shape index (κ2) is 8.77. The van der Waals surface area contributed by atoms with E-state index in [1.807, 2.05) is 73.0 Å². The van der Waals surface area contributed by atoms with Crippen LogP contribution in [0, 0.1) is 0 Å². The molecule has 0 fully saturated rings. The number of ether oxygens (including phenoxy) is 1. The first-order valence-electron chi connectivity index (χ1n) is 10.5. The van der Waals surface area contributed by atoms with Crippen LogP contribution in [0.5, 0.6) is 5.75 Å². The van der Waals surface area contributed by atoms with Gasteiger partial charge in [-0.25, -0.2) is 4.98 Å². The van der Waals surface area contributed by atoms with Crippen molar-refractivity contribution in [2.75, 3.05) is 4.90 Å². The quantitative estimate of drug-likeness (QED) is 0.327. The van der Waals surface area contributed by atoms with E-state index >= 15 is 0 Å². The number of rotatable bonds is 5. The minimum absolute atomic E-state index is 0.0553. The third-order valence-electron chi connectivity index (χ3n) is 5.54. The highest BCUT2D eigenvalue weighted by Gasteiger charge is 2.34. The van der Waals surface area contributed by atoms with Gasteiger partial charge in [0, 0.05) is 21.5 Å². The van der Waals surface area contributed by atoms with E-state index in [4.69, 9.17) is 21.3 Å². The maximum atomic E-state index is 13.2. The molecule has 5 rings (SSSR count). The lowest BCUT2D eigenvalue weighted by Gasteiger charge is -2.34. The molecule has 0 aliphatic carbocycles. The largest absolute Gasteiger partial charge is 0.478 e. The molecule has 0 saturated heterocycles. The van der Waals surface area contributed by atoms with Crippen LogP contribution in [0.1, 0.15) is 18.9 Å². The molecule has 1 aliphatic rings. The van der Waals surface area contributed by atoms with Gasteiger partial charge < -0.3 is 9.64 Å². The molecule has 4 nitrogen and oxygen atoms in total. The molecule has 1 aliphatic heterocycles. The molecular formula is C26H21ClN2O2S. The second-order valence-corrected chi connectivity index (χ2v) is 8.88. The predicted molar refractivity (Wildman–Crippen MR) is 130 cm³/mol. The summed E-state index contributed by atoms with van der Waals surface area (Å²) >= 11 is 8.00. The standard InChI is InChI=1S/C26H21ClN2O2S/c1-2-23-26(30)29(15-19-10-6-7-11-20(19)27)22-14-18(12-13-24(22)31-23)21-16-32-25(28-21)17-8-4-3-5-9-17/h3-14,16,23H,2,15H2,1H3. The van der Waals surface area contributed by atoms with Crippen LogP contribution < -0.4 is 9.64 Å². The second-order valence-electron chi connectivity index (χ2n) is 7.62. The van der Waals surface area contributed by atoms with Gasteiger partial charge in [-0.2, -0.15) is 0 Å². The van der Waals surface area contributed by atoms with E-state index in [1.165, 1.54) is 0 Å². The molecule has 0 spiro atoms. The highest BCUT2D eigenvalue weighted by Crippen LogP contribution is 2.40. The lowest BCUT2D eigenvalue weighted by atomic mass is 10.1. The van der Waals surface area contributed by atoms with E-state index in [2.05, 4.69) is 12.1 Å². The van der Waals surface area contributed by atoms with Crippen LogP contribution in [0.15, 0.2) is 78.2 Å². The molecule has 1 aromatic heterocycles. The number of fused-ring (bicyclic) bond motifs is 1. The van der Waals surface area contributed by atoms with Crippen molar-refractivity contribution in [1.29, 1.82) is 0 Å². The Hall–Kier alpha value is -3.15. The molecule has 1 unspecified atom stereocenters. The zero-order chi connectivity index (χ0) is 22.1. The number of nitrogens with zero attached hydrogens (tertiary/aromatic N) is 2. The summed E-state index contributed by atoms with van der Waals surface area (Å²) in [6, 6.07) is 23.6. The van der Waals surface area contributed by atoms with E-state index in [0.29, 0.717) is 23.7 Å². The molecule has 32 heavy (non-hydrogen) atoms. The number of carbonyl (C=O) groups excluding carboxylic acids is 1. The number of amides is 1. The normalized spacial score (nSPS) is 15.4. The molecule has 160 valence electrons. The summed E-state index contributed by atoms with van der Waals surface area (Å²) in [4.78, 5) is 19.8. The van der Waals surface area contributed by atoms with Gasteiger partial charge in [0.05, 0.1) is 17.9 Å². The van der Waals surface area contributed by atoms with Gasteiger partial charge in [-0.15, -0.1) is 11.3 Å². The van der Waals surface area contributed by atoms with E-state index in [1.54, 1.807) is 16.2 Å². The molecule has 4 aromatic rings. The molecule has 1 amide bonds. The summed E-state index contributed by atoms with van der Waals surface area (Å²) in [6.07, 6.45) is 0.103. The van der Waals surface area contributed by atoms with Crippen LogP contribution in [-0.2, 0) is 11.3 Å². The average Bonchev–Trinajstić information content (AvgIpc) is 3.32. The summed E-state index contributed by atoms with van der Waals surface area (Å²) in [5.74, 6) is 0.645. The first-order valence-corrected chi connectivity index (χ1v) is 11.8. The number of hydrogen-bond donors (Lipinski definition) is 0. The number of thiazole rings is 1. The lowest BCUT2D eigenvalue weighted by Crippen LogP contribution is -2.45. The number of anilines is 1. The minimum Gasteiger partial charge on any atom is -0.478 e. The first kappa shape index (κ1) is 20.7. The Labute approximate surface area is 196 Å². The Balaban J connectivity index is 1.53. The monoisotopic (exact) mass is 460 g/mol. The number of benzene rings is 3. The Bertz CT molecular complexity index is 1270. The minimum atomic E-state index is -0.500. The highest BCUT2D eigenvalue weighted by atomic mass is 35.5. The number of hydrogen-bond acceptors (Lipinski definition) is 4. The van der Waals surface area contributed by atoms with Gasteiger partial charge in [-0.05, 0) is 36.2 Å². The molecule has 0 radical (unpaired) electrons. The van der Waals surface area contributed by atoms with Crippen LogP contribution in [-0.4, -0.2) is 17.0 Å². The maximum Gasteiger partial charge on any atom is 0.268 e. The van der Waals surface area contributed by atoms with Gasteiger partial charge in [-0.3, -0.25) is 4.79 Å². The Kier molecular flexibility index (Phi) is 5.68. The van der Waals surface area contributed by atoms with Crippen molar-refractivity contribution < 1.29 is 9.53 Å². The molecule has 0 bridgehead atoms. The van der Waals surface area contributed by atoms with Crippen LogP contribution >= 0.6 is 22.9 Å². The third-order valence-corrected chi connectivity index (χ3v) is 6.80. The Morgan fingerprint density at radius 1 is 1.03 bits per heavy atom. The zero-order valence-electron chi connectivity index (χ0n) is 17.5. The lowest BCUT2D eigenvalue weighted by molar-refractivity contribution is -0.126. The fraction of sp³-hybridized carbons (Fsp3) is 0.154. The molecule has 6 heteroatoms. The highest BCUT2D eigenvalue weighted by molar-refractivity contribution is 7.13. The Morgan fingerprint density at radius 3 is 2.59 bits per heavy atom. The summed E-state index contributed by atoms with van der Waals surface area (Å²) in [7, 11) is 0. The molecule has 3 aromatic carbocycles. The van der Waals surface area contributed by atoms with Crippen LogP contribution in [0.2, 0.25) is 5.02 Å². The third kappa shape index (κ3) is 3.90. The molecular weight excluding hydrogens is 440 g/mol.